The van der Waals surface area contributed by atoms with Crippen molar-refractivity contribution in [2.75, 3.05) is 5.32 Å². The summed E-state index contributed by atoms with van der Waals surface area (Å²) in [5.74, 6) is 0. The predicted molar refractivity (Wildman–Crippen MR) is 88.1 cm³/mol. The molecular formula is C15H12Cl2N2S. The number of halogens is 2. The van der Waals surface area contributed by atoms with Gasteiger partial charge in [0, 0.05) is 12.2 Å². The van der Waals surface area contributed by atoms with Crippen LogP contribution in [0, 0.1) is 6.92 Å². The molecule has 3 rings (SSSR count). The largest absolute Gasteiger partial charge is 0.381 e. The molecule has 0 unspecified atom stereocenters. The Kier molecular flexibility index (Phi) is 3.83. The molecule has 1 N–H and O–H groups in total. The highest BCUT2D eigenvalue weighted by Crippen LogP contribution is 2.26. The molecule has 0 aliphatic heterocycles. The van der Waals surface area contributed by atoms with Crippen LogP contribution in [0.25, 0.3) is 10.2 Å². The fraction of sp³-hybridized carbons (Fsp3) is 0.133. The van der Waals surface area contributed by atoms with E-state index in [2.05, 4.69) is 16.4 Å². The van der Waals surface area contributed by atoms with E-state index in [1.165, 1.54) is 4.70 Å². The number of anilines is 1. The van der Waals surface area contributed by atoms with Crippen molar-refractivity contribution in [2.45, 2.75) is 13.5 Å². The molecule has 0 aliphatic rings. The Bertz CT molecular complexity index is 768. The molecular weight excluding hydrogens is 311 g/mol. The van der Waals surface area contributed by atoms with E-state index in [1.54, 1.807) is 11.3 Å². The average molecular weight is 323 g/mol. The van der Waals surface area contributed by atoms with Gasteiger partial charge in [0.2, 0.25) is 0 Å². The number of benzene rings is 2. The molecule has 1 aromatic heterocycles. The summed E-state index contributed by atoms with van der Waals surface area (Å²) in [6, 6.07) is 11.9. The molecule has 0 saturated heterocycles. The maximum atomic E-state index is 6.01. The van der Waals surface area contributed by atoms with Gasteiger partial charge in [0.25, 0.3) is 0 Å². The van der Waals surface area contributed by atoms with Gasteiger partial charge in [0.15, 0.2) is 0 Å². The molecule has 102 valence electrons. The molecule has 0 amide bonds. The number of fused-ring (bicyclic) bond motifs is 1. The third-order valence-corrected chi connectivity index (χ3v) is 4.65. The topological polar surface area (TPSA) is 24.9 Å². The maximum absolute atomic E-state index is 6.01. The first-order valence-electron chi connectivity index (χ1n) is 6.17. The highest BCUT2D eigenvalue weighted by Gasteiger charge is 2.03. The van der Waals surface area contributed by atoms with Crippen molar-refractivity contribution in [1.82, 2.24) is 4.98 Å². The second-order valence-electron chi connectivity index (χ2n) is 4.52. The van der Waals surface area contributed by atoms with Crippen molar-refractivity contribution in [2.24, 2.45) is 0 Å². The lowest BCUT2D eigenvalue weighted by molar-refractivity contribution is 1.15. The monoisotopic (exact) mass is 322 g/mol. The number of thiazole rings is 1. The highest BCUT2D eigenvalue weighted by molar-refractivity contribution is 7.18. The van der Waals surface area contributed by atoms with Crippen molar-refractivity contribution in [3.8, 4) is 0 Å². The van der Waals surface area contributed by atoms with Crippen LogP contribution < -0.4 is 5.32 Å². The second kappa shape index (κ2) is 5.60. The molecule has 0 atom stereocenters. The van der Waals surface area contributed by atoms with Crippen LogP contribution in [0.2, 0.25) is 10.0 Å². The fourth-order valence-electron chi connectivity index (χ4n) is 2.00. The number of aromatic nitrogens is 1. The molecule has 0 spiro atoms. The Hall–Kier alpha value is -1.29. The molecule has 2 nitrogen and oxygen atoms in total. The van der Waals surface area contributed by atoms with Crippen LogP contribution in [-0.4, -0.2) is 4.98 Å². The lowest BCUT2D eigenvalue weighted by Gasteiger charge is -2.07. The zero-order valence-corrected chi connectivity index (χ0v) is 13.1. The number of rotatable bonds is 3. The maximum Gasteiger partial charge on any atom is 0.0907 e. The van der Waals surface area contributed by atoms with Gasteiger partial charge in [0.1, 0.15) is 0 Å². The minimum Gasteiger partial charge on any atom is -0.381 e. The summed E-state index contributed by atoms with van der Waals surface area (Å²) in [6.07, 6.45) is 0. The SMILES string of the molecule is Cc1nc2ccc(NCc3ccc(Cl)c(Cl)c3)cc2s1. The third-order valence-electron chi connectivity index (χ3n) is 2.98. The van der Waals surface area contributed by atoms with Gasteiger partial charge in [-0.25, -0.2) is 4.98 Å². The molecule has 1 heterocycles. The summed E-state index contributed by atoms with van der Waals surface area (Å²) in [6.45, 7) is 2.73. The Morgan fingerprint density at radius 1 is 1.10 bits per heavy atom. The summed E-state index contributed by atoms with van der Waals surface area (Å²) in [5, 5.41) is 5.63. The standard InChI is InChI=1S/C15H12Cl2N2S/c1-9-19-14-5-3-11(7-15(14)20-9)18-8-10-2-4-12(16)13(17)6-10/h2-7,18H,8H2,1H3. The number of aryl methyl sites for hydroxylation is 1. The summed E-state index contributed by atoms with van der Waals surface area (Å²) in [7, 11) is 0. The molecule has 0 fully saturated rings. The van der Waals surface area contributed by atoms with Crippen molar-refractivity contribution >= 4 is 50.4 Å². The second-order valence-corrected chi connectivity index (χ2v) is 6.57. The van der Waals surface area contributed by atoms with Crippen LogP contribution in [0.15, 0.2) is 36.4 Å². The van der Waals surface area contributed by atoms with Gasteiger partial charge in [-0.1, -0.05) is 29.3 Å². The van der Waals surface area contributed by atoms with E-state index in [4.69, 9.17) is 23.2 Å². The Balaban J connectivity index is 1.77. The van der Waals surface area contributed by atoms with E-state index < -0.39 is 0 Å². The number of nitrogens with zero attached hydrogens (tertiary/aromatic N) is 1. The van der Waals surface area contributed by atoms with Crippen LogP contribution in [0.3, 0.4) is 0 Å². The Morgan fingerprint density at radius 2 is 1.95 bits per heavy atom. The first-order valence-corrected chi connectivity index (χ1v) is 7.74. The summed E-state index contributed by atoms with van der Waals surface area (Å²) < 4.78 is 1.20. The van der Waals surface area contributed by atoms with Gasteiger partial charge in [-0.2, -0.15) is 0 Å². The van der Waals surface area contributed by atoms with Crippen molar-refractivity contribution in [3.63, 3.8) is 0 Å². The Morgan fingerprint density at radius 3 is 2.75 bits per heavy atom. The fourth-order valence-corrected chi connectivity index (χ4v) is 3.19. The lowest BCUT2D eigenvalue weighted by atomic mass is 10.2. The number of nitrogens with one attached hydrogen (secondary N) is 1. The molecule has 3 aromatic rings. The van der Waals surface area contributed by atoms with Crippen LogP contribution in [-0.2, 0) is 6.54 Å². The predicted octanol–water partition coefficient (Wildman–Crippen LogP) is 5.52. The number of hydrogen-bond donors (Lipinski definition) is 1. The number of hydrogen-bond acceptors (Lipinski definition) is 3. The van der Waals surface area contributed by atoms with Gasteiger partial charge in [-0.3, -0.25) is 0 Å². The molecule has 0 radical (unpaired) electrons. The summed E-state index contributed by atoms with van der Waals surface area (Å²) in [4.78, 5) is 4.45. The van der Waals surface area contributed by atoms with Gasteiger partial charge >= 0.3 is 0 Å². The van der Waals surface area contributed by atoms with E-state index in [0.717, 1.165) is 21.8 Å². The van der Waals surface area contributed by atoms with Crippen LogP contribution in [0.5, 0.6) is 0 Å². The van der Waals surface area contributed by atoms with Gasteiger partial charge < -0.3 is 5.32 Å². The Labute approximate surface area is 131 Å². The van der Waals surface area contributed by atoms with Crippen molar-refractivity contribution < 1.29 is 0 Å². The molecule has 5 heteroatoms. The third kappa shape index (κ3) is 2.90. The lowest BCUT2D eigenvalue weighted by Crippen LogP contribution is -1.98. The van der Waals surface area contributed by atoms with E-state index in [1.807, 2.05) is 37.3 Å². The molecule has 0 bridgehead atoms. The quantitative estimate of drug-likeness (QED) is 0.686. The smallest absolute Gasteiger partial charge is 0.0907 e. The van der Waals surface area contributed by atoms with Crippen LogP contribution >= 0.6 is 34.5 Å². The molecule has 0 aliphatic carbocycles. The van der Waals surface area contributed by atoms with Gasteiger partial charge in [0.05, 0.1) is 25.3 Å². The van der Waals surface area contributed by atoms with Crippen LogP contribution in [0.4, 0.5) is 5.69 Å². The first kappa shape index (κ1) is 13.7. The van der Waals surface area contributed by atoms with E-state index in [9.17, 15) is 0 Å². The van der Waals surface area contributed by atoms with E-state index in [-0.39, 0.29) is 0 Å². The minimum absolute atomic E-state index is 0.581. The van der Waals surface area contributed by atoms with E-state index in [0.29, 0.717) is 16.6 Å². The van der Waals surface area contributed by atoms with Gasteiger partial charge in [-0.05, 0) is 42.8 Å². The average Bonchev–Trinajstić information content (AvgIpc) is 2.79. The normalized spacial score (nSPS) is 10.9. The summed E-state index contributed by atoms with van der Waals surface area (Å²) >= 11 is 13.6. The van der Waals surface area contributed by atoms with Gasteiger partial charge in [-0.15, -0.1) is 11.3 Å². The zero-order valence-electron chi connectivity index (χ0n) is 10.8. The molecule has 2 aromatic carbocycles. The molecule has 20 heavy (non-hydrogen) atoms. The first-order chi connectivity index (χ1) is 9.61. The zero-order chi connectivity index (χ0) is 14.1. The minimum atomic E-state index is 0.581. The van der Waals surface area contributed by atoms with Crippen molar-refractivity contribution in [1.29, 1.82) is 0 Å². The van der Waals surface area contributed by atoms with Crippen molar-refractivity contribution in [3.05, 3.63) is 57.0 Å². The van der Waals surface area contributed by atoms with E-state index >= 15 is 0 Å². The summed E-state index contributed by atoms with van der Waals surface area (Å²) in [5.41, 5.74) is 3.22. The highest BCUT2D eigenvalue weighted by atomic mass is 35.5. The molecule has 0 saturated carbocycles. The van der Waals surface area contributed by atoms with Crippen LogP contribution in [0.1, 0.15) is 10.6 Å².